The number of nitrogens with zero attached hydrogens (tertiary/aromatic N) is 2. The number of carbonyl (C=O) groups excluding carboxylic acids is 2. The van der Waals surface area contributed by atoms with Crippen molar-refractivity contribution in [3.8, 4) is 0 Å². The van der Waals surface area contributed by atoms with Crippen molar-refractivity contribution in [1.29, 1.82) is 0 Å². The molecule has 4 rings (SSSR count). The van der Waals surface area contributed by atoms with Crippen LogP contribution < -0.4 is 9.62 Å². The van der Waals surface area contributed by atoms with Crippen LogP contribution in [0.3, 0.4) is 0 Å². The first-order chi connectivity index (χ1) is 20.2. The highest BCUT2D eigenvalue weighted by Crippen LogP contribution is 2.26. The lowest BCUT2D eigenvalue weighted by Crippen LogP contribution is -2.53. The van der Waals surface area contributed by atoms with Gasteiger partial charge in [-0.2, -0.15) is 0 Å². The summed E-state index contributed by atoms with van der Waals surface area (Å²) >= 11 is 0. The molecule has 0 heterocycles. The van der Waals surface area contributed by atoms with E-state index in [4.69, 9.17) is 0 Å². The molecule has 0 aromatic heterocycles. The number of nitrogens with one attached hydrogen (secondary N) is 1. The van der Waals surface area contributed by atoms with Gasteiger partial charge in [-0.15, -0.1) is 0 Å². The highest BCUT2D eigenvalue weighted by Gasteiger charge is 2.34. The van der Waals surface area contributed by atoms with Crippen LogP contribution in [0.1, 0.15) is 23.6 Å². The Labute approximate surface area is 246 Å². The molecular weight excluding hydrogens is 553 g/mol. The summed E-state index contributed by atoms with van der Waals surface area (Å²) < 4.78 is 43.8. The Morgan fingerprint density at radius 2 is 1.50 bits per heavy atom. The van der Waals surface area contributed by atoms with Crippen LogP contribution in [-0.2, 0) is 32.6 Å². The zero-order valence-electron chi connectivity index (χ0n) is 23.6. The number of aryl methyl sites for hydroxylation is 1. The summed E-state index contributed by atoms with van der Waals surface area (Å²) in [6, 6.07) is 28.9. The van der Waals surface area contributed by atoms with Crippen molar-refractivity contribution in [3.05, 3.63) is 132 Å². The van der Waals surface area contributed by atoms with Crippen LogP contribution in [0.15, 0.2) is 114 Å². The molecule has 4 aromatic rings. The van der Waals surface area contributed by atoms with Crippen molar-refractivity contribution < 1.29 is 22.4 Å². The average molecular weight is 588 g/mol. The minimum atomic E-state index is -4.18. The number of hydrogen-bond acceptors (Lipinski definition) is 4. The highest BCUT2D eigenvalue weighted by molar-refractivity contribution is 7.92. The third-order valence-electron chi connectivity index (χ3n) is 6.82. The molecule has 2 amide bonds. The van der Waals surface area contributed by atoms with Gasteiger partial charge in [0.25, 0.3) is 10.0 Å². The molecule has 0 saturated carbocycles. The number of amides is 2. The van der Waals surface area contributed by atoms with E-state index in [0.29, 0.717) is 12.2 Å². The summed E-state index contributed by atoms with van der Waals surface area (Å²) in [6.45, 7) is 3.09. The first kappa shape index (κ1) is 30.5. The molecule has 218 valence electrons. The quantitative estimate of drug-likeness (QED) is 0.250. The topological polar surface area (TPSA) is 86.8 Å². The standard InChI is InChI=1S/C33H34FN3O4S/c1-3-35-33(39)31(22-26-14-6-4-7-15-26)36(23-27-16-10-11-20-30(27)34)32(38)24-37(28-17-12-13-25(2)21-28)42(40,41)29-18-8-5-9-19-29/h4-21,31H,3,22-24H2,1-2H3,(H,35,39)/t31-/m1/s1. The number of likely N-dealkylation sites (N-methyl/N-ethyl adjacent to an activating group) is 1. The molecule has 4 aromatic carbocycles. The van der Waals surface area contributed by atoms with Gasteiger partial charge in [0.2, 0.25) is 11.8 Å². The fourth-order valence-corrected chi connectivity index (χ4v) is 6.11. The van der Waals surface area contributed by atoms with Crippen LogP contribution in [0.4, 0.5) is 10.1 Å². The van der Waals surface area contributed by atoms with Gasteiger partial charge in [0.05, 0.1) is 10.6 Å². The molecule has 7 nitrogen and oxygen atoms in total. The number of carbonyl (C=O) groups is 2. The van der Waals surface area contributed by atoms with Crippen LogP contribution in [0.2, 0.25) is 0 Å². The summed E-state index contributed by atoms with van der Waals surface area (Å²) in [5.74, 6) is -1.59. The number of halogens is 1. The SMILES string of the molecule is CCNC(=O)[C@@H](Cc1ccccc1)N(Cc1ccccc1F)C(=O)CN(c1cccc(C)c1)S(=O)(=O)c1ccccc1. The molecule has 0 radical (unpaired) electrons. The van der Waals surface area contributed by atoms with E-state index in [2.05, 4.69) is 5.32 Å². The summed E-state index contributed by atoms with van der Waals surface area (Å²) in [5, 5.41) is 2.79. The van der Waals surface area contributed by atoms with Crippen LogP contribution in [-0.4, -0.2) is 44.3 Å². The van der Waals surface area contributed by atoms with Gasteiger partial charge >= 0.3 is 0 Å². The Hall–Kier alpha value is -4.50. The smallest absolute Gasteiger partial charge is 0.264 e. The molecule has 1 N–H and O–H groups in total. The predicted octanol–water partition coefficient (Wildman–Crippen LogP) is 5.11. The maximum Gasteiger partial charge on any atom is 0.264 e. The summed E-state index contributed by atoms with van der Waals surface area (Å²) in [4.78, 5) is 29.0. The van der Waals surface area contributed by atoms with Crippen LogP contribution in [0.5, 0.6) is 0 Å². The van der Waals surface area contributed by atoms with E-state index < -0.39 is 40.2 Å². The van der Waals surface area contributed by atoms with Gasteiger partial charge in [0.1, 0.15) is 18.4 Å². The van der Waals surface area contributed by atoms with Crippen LogP contribution >= 0.6 is 0 Å². The van der Waals surface area contributed by atoms with E-state index in [1.807, 2.05) is 43.3 Å². The van der Waals surface area contributed by atoms with Crippen molar-refractivity contribution in [1.82, 2.24) is 10.2 Å². The van der Waals surface area contributed by atoms with Crippen molar-refractivity contribution in [2.45, 2.75) is 37.8 Å². The zero-order chi connectivity index (χ0) is 30.1. The van der Waals surface area contributed by atoms with Gasteiger partial charge in [0.15, 0.2) is 0 Å². The number of anilines is 1. The maximum atomic E-state index is 14.9. The summed E-state index contributed by atoms with van der Waals surface area (Å²) in [6.07, 6.45) is 0.156. The zero-order valence-corrected chi connectivity index (χ0v) is 24.4. The molecular formula is C33H34FN3O4S. The highest BCUT2D eigenvalue weighted by atomic mass is 32.2. The second kappa shape index (κ2) is 13.9. The second-order valence-electron chi connectivity index (χ2n) is 9.88. The van der Waals surface area contributed by atoms with E-state index >= 15 is 0 Å². The van der Waals surface area contributed by atoms with E-state index in [1.54, 1.807) is 61.5 Å². The molecule has 0 bridgehead atoms. The van der Waals surface area contributed by atoms with Gasteiger partial charge in [-0.25, -0.2) is 12.8 Å². The lowest BCUT2D eigenvalue weighted by Gasteiger charge is -2.34. The van der Waals surface area contributed by atoms with Crippen molar-refractivity contribution >= 4 is 27.5 Å². The van der Waals surface area contributed by atoms with Gasteiger partial charge in [-0.05, 0) is 55.3 Å². The predicted molar refractivity (Wildman–Crippen MR) is 162 cm³/mol. The molecule has 42 heavy (non-hydrogen) atoms. The molecule has 0 aliphatic heterocycles. The first-order valence-corrected chi connectivity index (χ1v) is 15.1. The molecule has 0 spiro atoms. The normalized spacial score (nSPS) is 11.9. The molecule has 1 atom stereocenters. The fourth-order valence-electron chi connectivity index (χ4n) is 4.69. The van der Waals surface area contributed by atoms with Gasteiger partial charge < -0.3 is 10.2 Å². The molecule has 0 aliphatic carbocycles. The molecule has 0 unspecified atom stereocenters. The molecule has 0 saturated heterocycles. The van der Waals surface area contributed by atoms with Gasteiger partial charge in [0, 0.05) is 25.1 Å². The van der Waals surface area contributed by atoms with Crippen molar-refractivity contribution in [3.63, 3.8) is 0 Å². The number of rotatable bonds is 12. The van der Waals surface area contributed by atoms with Gasteiger partial charge in [-0.3, -0.25) is 13.9 Å². The van der Waals surface area contributed by atoms with Crippen LogP contribution in [0, 0.1) is 12.7 Å². The molecule has 0 fully saturated rings. The molecule has 0 aliphatic rings. The third-order valence-corrected chi connectivity index (χ3v) is 8.61. The summed E-state index contributed by atoms with van der Waals surface area (Å²) in [5.41, 5.74) is 2.12. The Bertz CT molecular complexity index is 1610. The number of benzene rings is 4. The van der Waals surface area contributed by atoms with Crippen molar-refractivity contribution in [2.24, 2.45) is 0 Å². The largest absolute Gasteiger partial charge is 0.355 e. The monoisotopic (exact) mass is 587 g/mol. The number of sulfonamides is 1. The number of hydrogen-bond donors (Lipinski definition) is 1. The van der Waals surface area contributed by atoms with Crippen molar-refractivity contribution in [2.75, 3.05) is 17.4 Å². The fraction of sp³-hybridized carbons (Fsp3) is 0.212. The van der Waals surface area contributed by atoms with Gasteiger partial charge in [-0.1, -0.05) is 78.9 Å². The lowest BCUT2D eigenvalue weighted by molar-refractivity contribution is -0.140. The first-order valence-electron chi connectivity index (χ1n) is 13.7. The Kier molecular flexibility index (Phi) is 10.1. The minimum Gasteiger partial charge on any atom is -0.355 e. The van der Waals surface area contributed by atoms with E-state index in [1.165, 1.54) is 23.1 Å². The van der Waals surface area contributed by atoms with E-state index in [9.17, 15) is 22.4 Å². The Balaban J connectivity index is 1.80. The van der Waals surface area contributed by atoms with E-state index in [0.717, 1.165) is 15.4 Å². The second-order valence-corrected chi connectivity index (χ2v) is 11.7. The summed E-state index contributed by atoms with van der Waals surface area (Å²) in [7, 11) is -4.18. The average Bonchev–Trinajstić information content (AvgIpc) is 2.99. The lowest BCUT2D eigenvalue weighted by atomic mass is 10.0. The minimum absolute atomic E-state index is 0.0181. The maximum absolute atomic E-state index is 14.9. The Morgan fingerprint density at radius 3 is 2.14 bits per heavy atom. The third kappa shape index (κ3) is 7.41. The van der Waals surface area contributed by atoms with E-state index in [-0.39, 0.29) is 23.4 Å². The Morgan fingerprint density at radius 1 is 0.857 bits per heavy atom. The molecule has 9 heteroatoms. The van der Waals surface area contributed by atoms with Crippen LogP contribution in [0.25, 0.3) is 0 Å².